The lowest BCUT2D eigenvalue weighted by Gasteiger charge is -2.36. The Morgan fingerprint density at radius 2 is 1.95 bits per heavy atom. The number of ether oxygens (including phenoxy) is 2. The van der Waals surface area contributed by atoms with E-state index in [1.54, 1.807) is 7.11 Å². The van der Waals surface area contributed by atoms with Crippen molar-refractivity contribution in [1.29, 1.82) is 0 Å². The molecular weight excluding hydrogens is 248 g/mol. The monoisotopic (exact) mass is 272 g/mol. The first-order valence-electron chi connectivity index (χ1n) is 6.68. The molecule has 1 aliphatic rings. The zero-order valence-electron chi connectivity index (χ0n) is 12.0. The summed E-state index contributed by atoms with van der Waals surface area (Å²) in [5.41, 5.74) is -0.540. The number of nitrogens with one attached hydrogen (secondary N) is 2. The van der Waals surface area contributed by atoms with Gasteiger partial charge in [-0.25, -0.2) is 4.79 Å². The predicted molar refractivity (Wildman–Crippen MR) is 70.7 cm³/mol. The van der Waals surface area contributed by atoms with Gasteiger partial charge >= 0.3 is 5.97 Å². The fourth-order valence-electron chi connectivity index (χ4n) is 2.40. The summed E-state index contributed by atoms with van der Waals surface area (Å²) in [4.78, 5) is 24.0. The first kappa shape index (κ1) is 15.9. The Balaban J connectivity index is 2.73. The number of hydrogen-bond acceptors (Lipinski definition) is 5. The van der Waals surface area contributed by atoms with Crippen molar-refractivity contribution >= 4 is 11.9 Å². The highest BCUT2D eigenvalue weighted by Crippen LogP contribution is 2.29. The molecule has 19 heavy (non-hydrogen) atoms. The summed E-state index contributed by atoms with van der Waals surface area (Å²) in [6.07, 6.45) is 1.94. The van der Waals surface area contributed by atoms with E-state index in [0.717, 1.165) is 13.1 Å². The summed E-state index contributed by atoms with van der Waals surface area (Å²) >= 11 is 0. The van der Waals surface area contributed by atoms with Gasteiger partial charge in [-0.15, -0.1) is 0 Å². The van der Waals surface area contributed by atoms with E-state index >= 15 is 0 Å². The molecule has 0 radical (unpaired) electrons. The van der Waals surface area contributed by atoms with Crippen LogP contribution in [0.15, 0.2) is 0 Å². The van der Waals surface area contributed by atoms with E-state index in [4.69, 9.17) is 4.74 Å². The third-order valence-electron chi connectivity index (χ3n) is 3.66. The van der Waals surface area contributed by atoms with Crippen LogP contribution in [0.25, 0.3) is 0 Å². The predicted octanol–water partition coefficient (Wildman–Crippen LogP) is 0.0704. The summed E-state index contributed by atoms with van der Waals surface area (Å²) in [6.45, 7) is 3.78. The molecule has 0 aromatic rings. The van der Waals surface area contributed by atoms with Crippen molar-refractivity contribution in [3.63, 3.8) is 0 Å². The van der Waals surface area contributed by atoms with Crippen LogP contribution >= 0.6 is 0 Å². The normalized spacial score (nSPS) is 19.5. The molecule has 6 nitrogen and oxygen atoms in total. The molecule has 2 N–H and O–H groups in total. The smallest absolute Gasteiger partial charge is 0.328 e. The molecule has 0 bridgehead atoms. The average Bonchev–Trinajstić information content (AvgIpc) is 2.44. The molecule has 1 amide bonds. The van der Waals surface area contributed by atoms with Gasteiger partial charge < -0.3 is 20.1 Å². The van der Waals surface area contributed by atoms with Gasteiger partial charge in [-0.1, -0.05) is 6.92 Å². The van der Waals surface area contributed by atoms with E-state index in [9.17, 15) is 9.59 Å². The average molecular weight is 272 g/mol. The molecule has 1 rings (SSSR count). The van der Waals surface area contributed by atoms with Crippen molar-refractivity contribution in [2.24, 2.45) is 5.41 Å². The van der Waals surface area contributed by atoms with Gasteiger partial charge in [0.2, 0.25) is 5.91 Å². The number of esters is 1. The number of carbonyl (C=O) groups excluding carboxylic acids is 2. The van der Waals surface area contributed by atoms with Crippen molar-refractivity contribution in [3.8, 4) is 0 Å². The van der Waals surface area contributed by atoms with Crippen LogP contribution in [0.1, 0.15) is 26.2 Å². The lowest BCUT2D eigenvalue weighted by molar-refractivity contribution is -0.148. The van der Waals surface area contributed by atoms with E-state index in [1.807, 2.05) is 6.92 Å². The van der Waals surface area contributed by atoms with Crippen LogP contribution < -0.4 is 10.6 Å². The molecule has 6 heteroatoms. The third kappa shape index (κ3) is 3.91. The Hall–Kier alpha value is -1.14. The van der Waals surface area contributed by atoms with Gasteiger partial charge in [0.15, 0.2) is 0 Å². The van der Waals surface area contributed by atoms with E-state index in [1.165, 1.54) is 7.11 Å². The second kappa shape index (κ2) is 7.45. The molecule has 0 aromatic carbocycles. The van der Waals surface area contributed by atoms with Crippen LogP contribution in [0.2, 0.25) is 0 Å². The Kier molecular flexibility index (Phi) is 6.24. The summed E-state index contributed by atoms with van der Waals surface area (Å²) in [7, 11) is 2.92. The van der Waals surface area contributed by atoms with Crippen LogP contribution in [-0.2, 0) is 19.1 Å². The summed E-state index contributed by atoms with van der Waals surface area (Å²) in [5, 5.41) is 6.02. The summed E-state index contributed by atoms with van der Waals surface area (Å²) in [6, 6.07) is -0.582. The van der Waals surface area contributed by atoms with Gasteiger partial charge in [-0.3, -0.25) is 4.79 Å². The molecule has 110 valence electrons. The maximum atomic E-state index is 12.5. The van der Waals surface area contributed by atoms with E-state index < -0.39 is 17.4 Å². The fraction of sp³-hybridized carbons (Fsp3) is 0.846. The van der Waals surface area contributed by atoms with Gasteiger partial charge in [0.05, 0.1) is 19.1 Å². The maximum Gasteiger partial charge on any atom is 0.328 e. The maximum absolute atomic E-state index is 12.5. The SMILES string of the molecule is CCC(NC(=O)C1(COC)CCNCC1)C(=O)OC. The van der Waals surface area contributed by atoms with Gasteiger partial charge in [0, 0.05) is 7.11 Å². The summed E-state index contributed by atoms with van der Waals surface area (Å²) in [5.74, 6) is -0.523. The lowest BCUT2D eigenvalue weighted by Crippen LogP contribution is -2.54. The van der Waals surface area contributed by atoms with Gasteiger partial charge in [0.25, 0.3) is 0 Å². The number of rotatable bonds is 6. The first-order chi connectivity index (χ1) is 9.09. The molecular formula is C13H24N2O4. The molecule has 0 aliphatic carbocycles. The number of methoxy groups -OCH3 is 2. The number of amides is 1. The van der Waals surface area contributed by atoms with Crippen LogP contribution in [-0.4, -0.2) is 51.8 Å². The van der Waals surface area contributed by atoms with Crippen LogP contribution in [0, 0.1) is 5.41 Å². The zero-order valence-corrected chi connectivity index (χ0v) is 12.0. The fourth-order valence-corrected chi connectivity index (χ4v) is 2.40. The van der Waals surface area contributed by atoms with Crippen molar-refractivity contribution in [1.82, 2.24) is 10.6 Å². The number of carbonyl (C=O) groups is 2. The zero-order chi connectivity index (χ0) is 14.3. The number of piperidine rings is 1. The Morgan fingerprint density at radius 3 is 2.42 bits per heavy atom. The topological polar surface area (TPSA) is 76.7 Å². The Labute approximate surface area is 114 Å². The van der Waals surface area contributed by atoms with Crippen LogP contribution in [0.5, 0.6) is 0 Å². The Bertz CT molecular complexity index is 308. The minimum Gasteiger partial charge on any atom is -0.467 e. The molecule has 1 fully saturated rings. The highest BCUT2D eigenvalue weighted by molar-refractivity contribution is 5.88. The van der Waals surface area contributed by atoms with E-state index in [2.05, 4.69) is 15.4 Å². The molecule has 0 aromatic heterocycles. The van der Waals surface area contributed by atoms with Crippen molar-refractivity contribution in [2.75, 3.05) is 33.9 Å². The van der Waals surface area contributed by atoms with E-state index in [0.29, 0.717) is 25.9 Å². The lowest BCUT2D eigenvalue weighted by atomic mass is 9.78. The number of hydrogen-bond donors (Lipinski definition) is 2. The van der Waals surface area contributed by atoms with Gasteiger partial charge in [-0.2, -0.15) is 0 Å². The molecule has 1 saturated heterocycles. The first-order valence-corrected chi connectivity index (χ1v) is 6.68. The van der Waals surface area contributed by atoms with Crippen LogP contribution in [0.3, 0.4) is 0 Å². The van der Waals surface area contributed by atoms with Crippen LogP contribution in [0.4, 0.5) is 0 Å². The van der Waals surface area contributed by atoms with Crippen molar-refractivity contribution < 1.29 is 19.1 Å². The molecule has 1 aliphatic heterocycles. The largest absolute Gasteiger partial charge is 0.467 e. The Morgan fingerprint density at radius 1 is 1.32 bits per heavy atom. The van der Waals surface area contributed by atoms with Gasteiger partial charge in [0.1, 0.15) is 6.04 Å². The molecule has 1 unspecified atom stereocenters. The minimum absolute atomic E-state index is 0.117. The second-order valence-electron chi connectivity index (χ2n) is 4.92. The second-order valence-corrected chi connectivity index (χ2v) is 4.92. The standard InChI is InChI=1S/C13H24N2O4/c1-4-10(11(16)19-3)15-12(17)13(9-18-2)5-7-14-8-6-13/h10,14H,4-9H2,1-3H3,(H,15,17). The third-order valence-corrected chi connectivity index (χ3v) is 3.66. The minimum atomic E-state index is -0.582. The molecule has 1 atom stereocenters. The summed E-state index contributed by atoms with van der Waals surface area (Å²) < 4.78 is 9.89. The highest BCUT2D eigenvalue weighted by Gasteiger charge is 2.41. The van der Waals surface area contributed by atoms with E-state index in [-0.39, 0.29) is 5.91 Å². The quantitative estimate of drug-likeness (QED) is 0.669. The van der Waals surface area contributed by atoms with Crippen molar-refractivity contribution in [2.45, 2.75) is 32.2 Å². The van der Waals surface area contributed by atoms with Crippen molar-refractivity contribution in [3.05, 3.63) is 0 Å². The highest BCUT2D eigenvalue weighted by atomic mass is 16.5. The van der Waals surface area contributed by atoms with Gasteiger partial charge in [-0.05, 0) is 32.4 Å². The molecule has 0 saturated carbocycles. The molecule has 1 heterocycles. The molecule has 0 spiro atoms.